The van der Waals surface area contributed by atoms with Crippen LogP contribution in [0, 0.1) is 0 Å². The predicted octanol–water partition coefficient (Wildman–Crippen LogP) is -0.0592. The van der Waals surface area contributed by atoms with Gasteiger partial charge in [0, 0.05) is 0 Å². The molecule has 0 bridgehead atoms. The summed E-state index contributed by atoms with van der Waals surface area (Å²) in [5.74, 6) is 1.32. The highest BCUT2D eigenvalue weighted by molar-refractivity contribution is 6.56. The zero-order chi connectivity index (χ0) is 11.2. The van der Waals surface area contributed by atoms with E-state index in [1.54, 1.807) is 0 Å². The lowest BCUT2D eigenvalue weighted by atomic mass is 9.97. The van der Waals surface area contributed by atoms with E-state index in [9.17, 15) is 0 Å². The zero-order valence-electron chi connectivity index (χ0n) is 9.14. The van der Waals surface area contributed by atoms with Crippen LogP contribution in [0.5, 0.6) is 11.5 Å². The van der Waals surface area contributed by atoms with Gasteiger partial charge in [-0.3, -0.25) is 0 Å². The summed E-state index contributed by atoms with van der Waals surface area (Å²) in [7, 11) is 0. The molecule has 2 aliphatic heterocycles. The van der Waals surface area contributed by atoms with E-state index in [4.69, 9.17) is 18.6 Å². The Balaban J connectivity index is 1.81. The lowest BCUT2D eigenvalue weighted by Crippen LogP contribution is -2.80. The molecule has 5 nitrogen and oxygen atoms in total. The van der Waals surface area contributed by atoms with Crippen LogP contribution in [0.1, 0.15) is 6.92 Å². The number of benzene rings is 1. The highest BCUT2D eigenvalue weighted by Gasteiger charge is 2.48. The minimum atomic E-state index is -2.10. The van der Waals surface area contributed by atoms with Gasteiger partial charge >= 0.3 is 6.96 Å². The van der Waals surface area contributed by atoms with Gasteiger partial charge < -0.3 is 24.4 Å². The van der Waals surface area contributed by atoms with Crippen LogP contribution in [0.15, 0.2) is 24.3 Å². The van der Waals surface area contributed by atoms with Gasteiger partial charge in [-0.25, -0.2) is 0 Å². The Hall–Kier alpha value is -1.24. The van der Waals surface area contributed by atoms with Gasteiger partial charge in [-0.05, 0) is 19.1 Å². The standard InChI is InChI=1S/C10H13BNO4/c1-10(12)6-13-11(14-7-10)15-8-4-2-3-5-9(8)16-11/h2-5H,6-7,12H2,1H3/q-1/p+1. The Morgan fingerprint density at radius 1 is 1.12 bits per heavy atom. The van der Waals surface area contributed by atoms with E-state index < -0.39 is 6.96 Å². The number of para-hydroxylation sites is 2. The Bertz CT molecular complexity index is 386. The largest absolute Gasteiger partial charge is 0.652 e. The molecule has 6 heteroatoms. The minimum Gasteiger partial charge on any atom is -0.632 e. The monoisotopic (exact) mass is 223 g/mol. The van der Waals surface area contributed by atoms with E-state index in [1.165, 1.54) is 0 Å². The summed E-state index contributed by atoms with van der Waals surface area (Å²) in [5.41, 5.74) is 3.74. The smallest absolute Gasteiger partial charge is 0.632 e. The highest BCUT2D eigenvalue weighted by atomic mass is 16.9. The molecule has 1 fully saturated rings. The van der Waals surface area contributed by atoms with E-state index in [0.29, 0.717) is 24.7 Å². The second-order valence-corrected chi connectivity index (χ2v) is 4.69. The molecule has 0 aromatic heterocycles. The maximum atomic E-state index is 5.60. The van der Waals surface area contributed by atoms with Gasteiger partial charge in [0.15, 0.2) is 0 Å². The fourth-order valence-electron chi connectivity index (χ4n) is 1.81. The Morgan fingerprint density at radius 2 is 1.62 bits per heavy atom. The third-order valence-electron chi connectivity index (χ3n) is 2.66. The summed E-state index contributed by atoms with van der Waals surface area (Å²) in [6.07, 6.45) is 0. The number of rotatable bonds is 0. The highest BCUT2D eigenvalue weighted by Crippen LogP contribution is 2.39. The van der Waals surface area contributed by atoms with Crippen LogP contribution in [0.2, 0.25) is 0 Å². The van der Waals surface area contributed by atoms with Gasteiger partial charge in [0.2, 0.25) is 0 Å². The summed E-state index contributed by atoms with van der Waals surface area (Å²) in [6, 6.07) is 7.42. The molecule has 2 aliphatic rings. The summed E-state index contributed by atoms with van der Waals surface area (Å²) < 4.78 is 22.3. The van der Waals surface area contributed by atoms with Crippen molar-refractivity contribution in [2.75, 3.05) is 13.2 Å². The molecule has 0 amide bonds. The van der Waals surface area contributed by atoms with Crippen molar-refractivity contribution in [2.24, 2.45) is 0 Å². The van der Waals surface area contributed by atoms with E-state index in [0.717, 1.165) is 0 Å². The normalized spacial score (nSPS) is 24.6. The Kier molecular flexibility index (Phi) is 1.95. The summed E-state index contributed by atoms with van der Waals surface area (Å²) in [5, 5.41) is 0. The van der Waals surface area contributed by atoms with Crippen molar-refractivity contribution in [2.45, 2.75) is 12.5 Å². The first-order valence-corrected chi connectivity index (χ1v) is 5.32. The van der Waals surface area contributed by atoms with Crippen molar-refractivity contribution in [1.82, 2.24) is 0 Å². The fraction of sp³-hybridized carbons (Fsp3) is 0.400. The molecule has 0 aliphatic carbocycles. The van der Waals surface area contributed by atoms with Crippen LogP contribution in [0.3, 0.4) is 0 Å². The third kappa shape index (κ3) is 1.55. The van der Waals surface area contributed by atoms with Crippen LogP contribution in [-0.2, 0) is 9.31 Å². The van der Waals surface area contributed by atoms with Gasteiger partial charge in [0.05, 0.1) is 13.2 Å². The third-order valence-corrected chi connectivity index (χ3v) is 2.66. The first-order chi connectivity index (χ1) is 7.59. The molecule has 0 atom stereocenters. The molecule has 3 N–H and O–H groups in total. The second kappa shape index (κ2) is 3.13. The van der Waals surface area contributed by atoms with Crippen molar-refractivity contribution in [1.29, 1.82) is 0 Å². The molecule has 3 rings (SSSR count). The van der Waals surface area contributed by atoms with Crippen LogP contribution >= 0.6 is 0 Å². The second-order valence-electron chi connectivity index (χ2n) is 4.69. The van der Waals surface area contributed by atoms with Gasteiger partial charge in [0.25, 0.3) is 0 Å². The van der Waals surface area contributed by atoms with Crippen LogP contribution in [0.4, 0.5) is 0 Å². The molecule has 1 aromatic rings. The molecule has 0 radical (unpaired) electrons. The van der Waals surface area contributed by atoms with E-state index in [-0.39, 0.29) is 5.54 Å². The molecule has 0 unspecified atom stereocenters. The quantitative estimate of drug-likeness (QED) is 0.626. The lowest BCUT2D eigenvalue weighted by molar-refractivity contribution is -0.488. The molecular weight excluding hydrogens is 209 g/mol. The topological polar surface area (TPSA) is 64.6 Å². The van der Waals surface area contributed by atoms with E-state index >= 15 is 0 Å². The molecule has 2 heterocycles. The minimum absolute atomic E-state index is 0.242. The van der Waals surface area contributed by atoms with Crippen molar-refractivity contribution in [3.63, 3.8) is 0 Å². The first kappa shape index (κ1) is 9.95. The molecule has 86 valence electrons. The number of fused-ring (bicyclic) bond motifs is 1. The molecule has 16 heavy (non-hydrogen) atoms. The van der Waals surface area contributed by atoms with E-state index in [1.807, 2.05) is 31.2 Å². The van der Waals surface area contributed by atoms with Gasteiger partial charge in [-0.2, -0.15) is 0 Å². The molecule has 1 spiro atoms. The van der Waals surface area contributed by atoms with Crippen LogP contribution in [-0.4, -0.2) is 25.7 Å². The zero-order valence-corrected chi connectivity index (χ0v) is 9.14. The maximum absolute atomic E-state index is 5.60. The van der Waals surface area contributed by atoms with Gasteiger partial charge in [0.1, 0.15) is 17.0 Å². The Labute approximate surface area is 93.5 Å². The van der Waals surface area contributed by atoms with Crippen LogP contribution < -0.4 is 15.0 Å². The molecular formula is C10H14BNO4. The first-order valence-electron chi connectivity index (χ1n) is 5.32. The number of hydrogen-bond acceptors (Lipinski definition) is 4. The summed E-state index contributed by atoms with van der Waals surface area (Å²) >= 11 is 0. The van der Waals surface area contributed by atoms with Crippen molar-refractivity contribution in [3.05, 3.63) is 24.3 Å². The lowest BCUT2D eigenvalue weighted by Gasteiger charge is -2.43. The van der Waals surface area contributed by atoms with Gasteiger partial charge in [-0.15, -0.1) is 0 Å². The molecule has 0 saturated carbocycles. The number of quaternary nitrogens is 1. The average Bonchev–Trinajstić information content (AvgIpc) is 2.62. The van der Waals surface area contributed by atoms with Crippen molar-refractivity contribution < 1.29 is 24.4 Å². The molecule has 1 aromatic carbocycles. The van der Waals surface area contributed by atoms with Gasteiger partial charge in [-0.1, -0.05) is 12.1 Å². The maximum Gasteiger partial charge on any atom is 0.652 e. The average molecular weight is 223 g/mol. The predicted molar refractivity (Wildman–Crippen MR) is 56.6 cm³/mol. The summed E-state index contributed by atoms with van der Waals surface area (Å²) in [4.78, 5) is 0. The van der Waals surface area contributed by atoms with Crippen molar-refractivity contribution in [3.8, 4) is 11.5 Å². The molecule has 1 saturated heterocycles. The van der Waals surface area contributed by atoms with E-state index in [2.05, 4.69) is 5.73 Å². The fourth-order valence-corrected chi connectivity index (χ4v) is 1.81. The Morgan fingerprint density at radius 3 is 2.12 bits per heavy atom. The number of hydrogen-bond donors (Lipinski definition) is 1. The van der Waals surface area contributed by atoms with Crippen molar-refractivity contribution >= 4 is 6.96 Å². The SMILES string of the molecule is CC1([NH3+])CO[B-]2(OC1)Oc1ccccc1O2. The van der Waals surface area contributed by atoms with Crippen LogP contribution in [0.25, 0.3) is 0 Å². The summed E-state index contributed by atoms with van der Waals surface area (Å²) in [6.45, 7) is 0.789.